The monoisotopic (exact) mass is 442 g/mol. The van der Waals surface area contributed by atoms with Gasteiger partial charge in [-0.1, -0.05) is 13.0 Å². The largest absolute Gasteiger partial charge is 0.504 e. The first kappa shape index (κ1) is 24.6. The van der Waals surface area contributed by atoms with Gasteiger partial charge in [0.1, 0.15) is 31.0 Å². The highest BCUT2D eigenvalue weighted by Crippen LogP contribution is 2.25. The number of phenolic OH excluding ortho intramolecular Hbond substituents is 2. The van der Waals surface area contributed by atoms with Crippen LogP contribution in [0.2, 0.25) is 0 Å². The summed E-state index contributed by atoms with van der Waals surface area (Å²) >= 11 is 0. The SMILES string of the molecule is CC(CCO[C@@H]1O[C@H](COC(=O)/C=C/c2ccc(O)c(O)c2)[C@@H](O)[C@H](O)[C@H]1O)C(=O)O. The van der Waals surface area contributed by atoms with Crippen molar-refractivity contribution in [1.29, 1.82) is 0 Å². The predicted molar refractivity (Wildman–Crippen MR) is 104 cm³/mol. The van der Waals surface area contributed by atoms with Crippen molar-refractivity contribution in [1.82, 2.24) is 0 Å². The van der Waals surface area contributed by atoms with E-state index in [-0.39, 0.29) is 24.5 Å². The minimum atomic E-state index is -1.63. The van der Waals surface area contributed by atoms with Crippen LogP contribution in [0.3, 0.4) is 0 Å². The molecule has 0 aliphatic carbocycles. The Labute approximate surface area is 177 Å². The van der Waals surface area contributed by atoms with Crippen molar-refractivity contribution in [2.24, 2.45) is 5.92 Å². The lowest BCUT2D eigenvalue weighted by atomic mass is 9.99. The molecule has 31 heavy (non-hydrogen) atoms. The third-order valence-electron chi connectivity index (χ3n) is 4.72. The molecule has 11 nitrogen and oxygen atoms in total. The highest BCUT2D eigenvalue weighted by molar-refractivity contribution is 5.87. The van der Waals surface area contributed by atoms with Crippen LogP contribution in [-0.4, -0.2) is 86.5 Å². The first-order valence-corrected chi connectivity index (χ1v) is 9.51. The first-order chi connectivity index (χ1) is 14.6. The summed E-state index contributed by atoms with van der Waals surface area (Å²) < 4.78 is 15.7. The lowest BCUT2D eigenvalue weighted by Crippen LogP contribution is -2.59. The van der Waals surface area contributed by atoms with Gasteiger partial charge in [0.05, 0.1) is 12.5 Å². The minimum absolute atomic E-state index is 0.0767. The van der Waals surface area contributed by atoms with E-state index in [9.17, 15) is 35.1 Å². The maximum Gasteiger partial charge on any atom is 0.330 e. The summed E-state index contributed by atoms with van der Waals surface area (Å²) in [5, 5.41) is 57.6. The lowest BCUT2D eigenvalue weighted by molar-refractivity contribution is -0.301. The number of ether oxygens (including phenoxy) is 3. The normalized spacial score (nSPS) is 27.2. The molecule has 172 valence electrons. The van der Waals surface area contributed by atoms with Crippen molar-refractivity contribution in [3.8, 4) is 11.5 Å². The molecule has 0 spiro atoms. The number of rotatable bonds is 9. The molecule has 1 aliphatic rings. The molecule has 0 bridgehead atoms. The van der Waals surface area contributed by atoms with Gasteiger partial charge in [-0.25, -0.2) is 4.79 Å². The molecule has 1 saturated heterocycles. The number of benzene rings is 1. The molecule has 1 aliphatic heterocycles. The quantitative estimate of drug-likeness (QED) is 0.166. The Morgan fingerprint density at radius 2 is 1.84 bits per heavy atom. The number of phenols is 2. The molecule has 1 fully saturated rings. The van der Waals surface area contributed by atoms with Gasteiger partial charge in [-0.3, -0.25) is 4.79 Å². The molecule has 0 radical (unpaired) electrons. The van der Waals surface area contributed by atoms with E-state index in [2.05, 4.69) is 0 Å². The Hall–Kier alpha value is -2.70. The molecule has 1 heterocycles. The third kappa shape index (κ3) is 6.91. The van der Waals surface area contributed by atoms with Gasteiger partial charge in [-0.2, -0.15) is 0 Å². The molecule has 6 atom stereocenters. The second-order valence-electron chi connectivity index (χ2n) is 7.12. The number of carbonyl (C=O) groups excluding carboxylic acids is 1. The van der Waals surface area contributed by atoms with Gasteiger partial charge < -0.3 is 44.8 Å². The fourth-order valence-electron chi connectivity index (χ4n) is 2.70. The minimum Gasteiger partial charge on any atom is -0.504 e. The van der Waals surface area contributed by atoms with E-state index < -0.39 is 55.2 Å². The van der Waals surface area contributed by atoms with E-state index in [0.717, 1.165) is 6.08 Å². The summed E-state index contributed by atoms with van der Waals surface area (Å²) in [5.41, 5.74) is 0.420. The third-order valence-corrected chi connectivity index (χ3v) is 4.72. The molecular formula is C20H26O11. The molecule has 11 heteroatoms. The molecule has 1 unspecified atom stereocenters. The van der Waals surface area contributed by atoms with Gasteiger partial charge in [0.2, 0.25) is 0 Å². The van der Waals surface area contributed by atoms with Crippen molar-refractivity contribution in [3.05, 3.63) is 29.8 Å². The summed E-state index contributed by atoms with van der Waals surface area (Å²) in [6, 6.07) is 3.94. The van der Waals surface area contributed by atoms with Crippen LogP contribution in [0.15, 0.2) is 24.3 Å². The van der Waals surface area contributed by atoms with Gasteiger partial charge in [0.15, 0.2) is 17.8 Å². The van der Waals surface area contributed by atoms with Crippen molar-refractivity contribution in [2.45, 2.75) is 44.1 Å². The molecule has 0 saturated carbocycles. The summed E-state index contributed by atoms with van der Waals surface area (Å²) in [6.07, 6.45) is -4.80. The number of hydrogen-bond donors (Lipinski definition) is 6. The Morgan fingerprint density at radius 3 is 2.48 bits per heavy atom. The number of hydrogen-bond acceptors (Lipinski definition) is 10. The van der Waals surface area contributed by atoms with Crippen LogP contribution >= 0.6 is 0 Å². The zero-order chi connectivity index (χ0) is 23.1. The number of aliphatic hydroxyl groups excluding tert-OH is 3. The first-order valence-electron chi connectivity index (χ1n) is 9.51. The maximum absolute atomic E-state index is 11.9. The van der Waals surface area contributed by atoms with Gasteiger partial charge in [-0.15, -0.1) is 0 Å². The average Bonchev–Trinajstić information content (AvgIpc) is 2.73. The molecule has 6 N–H and O–H groups in total. The summed E-state index contributed by atoms with van der Waals surface area (Å²) in [6.45, 7) is 0.949. The van der Waals surface area contributed by atoms with E-state index >= 15 is 0 Å². The Bertz CT molecular complexity index is 793. The topological polar surface area (TPSA) is 183 Å². The van der Waals surface area contributed by atoms with E-state index in [1.165, 1.54) is 31.2 Å². The molecule has 0 aromatic heterocycles. The van der Waals surface area contributed by atoms with Crippen molar-refractivity contribution in [3.63, 3.8) is 0 Å². The van der Waals surface area contributed by atoms with E-state index in [0.29, 0.717) is 5.56 Å². The summed E-state index contributed by atoms with van der Waals surface area (Å²) in [4.78, 5) is 22.7. The van der Waals surface area contributed by atoms with Crippen LogP contribution in [0.25, 0.3) is 6.08 Å². The van der Waals surface area contributed by atoms with Gasteiger partial charge in [-0.05, 0) is 30.2 Å². The predicted octanol–water partition coefficient (Wildman–Crippen LogP) is -0.411. The van der Waals surface area contributed by atoms with Crippen molar-refractivity contribution < 1.29 is 54.4 Å². The van der Waals surface area contributed by atoms with E-state index in [4.69, 9.17) is 19.3 Å². The standard InChI is InChI=1S/C20H26O11/c1-10(19(27)28)6-7-29-20-18(26)17(25)16(24)14(31-20)9-30-15(23)5-3-11-2-4-12(21)13(22)8-11/h2-5,8,10,14,16-18,20-22,24-26H,6-7,9H2,1H3,(H,27,28)/b5-3+/t10?,14-,16-,17+,18-,20-/m1/s1. The number of carboxylic acids is 1. The molecule has 2 rings (SSSR count). The molecule has 1 aromatic carbocycles. The Kier molecular flexibility index (Phi) is 8.77. The number of esters is 1. The van der Waals surface area contributed by atoms with Crippen LogP contribution in [0.1, 0.15) is 18.9 Å². The highest BCUT2D eigenvalue weighted by Gasteiger charge is 2.44. The molecular weight excluding hydrogens is 416 g/mol. The van der Waals surface area contributed by atoms with Crippen LogP contribution < -0.4 is 0 Å². The maximum atomic E-state index is 11.9. The van der Waals surface area contributed by atoms with Gasteiger partial charge >= 0.3 is 11.9 Å². The molecule has 1 aromatic rings. The second kappa shape index (κ2) is 11.1. The average molecular weight is 442 g/mol. The lowest BCUT2D eigenvalue weighted by Gasteiger charge is -2.40. The second-order valence-corrected chi connectivity index (χ2v) is 7.12. The zero-order valence-electron chi connectivity index (χ0n) is 16.7. The highest BCUT2D eigenvalue weighted by atomic mass is 16.7. The van der Waals surface area contributed by atoms with Crippen LogP contribution in [0, 0.1) is 5.92 Å². The van der Waals surface area contributed by atoms with E-state index in [1.54, 1.807) is 0 Å². The van der Waals surface area contributed by atoms with E-state index in [1.807, 2.05) is 0 Å². The summed E-state index contributed by atoms with van der Waals surface area (Å²) in [7, 11) is 0. The molecule has 0 amide bonds. The Balaban J connectivity index is 1.88. The fourth-order valence-corrected chi connectivity index (χ4v) is 2.70. The number of aromatic hydroxyl groups is 2. The number of aliphatic carboxylic acids is 1. The number of carbonyl (C=O) groups is 2. The van der Waals surface area contributed by atoms with Crippen LogP contribution in [-0.2, 0) is 23.8 Å². The fraction of sp³-hybridized carbons (Fsp3) is 0.500. The van der Waals surface area contributed by atoms with Crippen LogP contribution in [0.4, 0.5) is 0 Å². The number of aliphatic hydroxyl groups is 3. The van der Waals surface area contributed by atoms with Crippen molar-refractivity contribution >= 4 is 18.0 Å². The smallest absolute Gasteiger partial charge is 0.330 e. The number of carboxylic acid groups (broad SMARTS) is 1. The Morgan fingerprint density at radius 1 is 1.13 bits per heavy atom. The zero-order valence-corrected chi connectivity index (χ0v) is 16.7. The van der Waals surface area contributed by atoms with Gasteiger partial charge in [0.25, 0.3) is 0 Å². The van der Waals surface area contributed by atoms with Crippen molar-refractivity contribution in [2.75, 3.05) is 13.2 Å². The van der Waals surface area contributed by atoms with Gasteiger partial charge in [0, 0.05) is 6.08 Å². The van der Waals surface area contributed by atoms with Crippen LogP contribution in [0.5, 0.6) is 11.5 Å². The summed E-state index contributed by atoms with van der Waals surface area (Å²) in [5.74, 6) is -3.17.